The number of Topliss-reactive ketones (excluding diaryl/α,β-unsaturated/α-hetero) is 1. The van der Waals surface area contributed by atoms with Crippen LogP contribution in [0.4, 0.5) is 0 Å². The number of unbranched alkanes of at least 4 members (excludes halogenated alkanes) is 1. The summed E-state index contributed by atoms with van der Waals surface area (Å²) in [5, 5.41) is 12.9. The molecule has 0 aliphatic rings. The molecule has 3 nitrogen and oxygen atoms in total. The highest BCUT2D eigenvalue weighted by Crippen LogP contribution is 2.15. The van der Waals surface area contributed by atoms with E-state index in [1.54, 1.807) is 11.3 Å². The summed E-state index contributed by atoms with van der Waals surface area (Å²) >= 11 is 1.58. The zero-order valence-corrected chi connectivity index (χ0v) is 12.1. The number of aliphatic hydroxyl groups is 1. The molecule has 0 amide bonds. The fraction of sp³-hybridized carbons (Fsp3) is 0.571. The Kier molecular flexibility index (Phi) is 6.22. The van der Waals surface area contributed by atoms with Gasteiger partial charge in [0.05, 0.1) is 16.8 Å². The SMILES string of the molecule is CCCCC(=O)C[C@@H](O)/C(C)=C/c1csc(C)n1. The lowest BCUT2D eigenvalue weighted by atomic mass is 10.0. The van der Waals surface area contributed by atoms with Crippen molar-refractivity contribution in [3.8, 4) is 0 Å². The number of aromatic nitrogens is 1. The first kappa shape index (κ1) is 15.1. The number of thiazole rings is 1. The average Bonchev–Trinajstić information content (AvgIpc) is 2.72. The maximum absolute atomic E-state index is 11.6. The van der Waals surface area contributed by atoms with Crippen molar-refractivity contribution in [3.05, 3.63) is 21.7 Å². The van der Waals surface area contributed by atoms with Gasteiger partial charge in [-0.2, -0.15) is 0 Å². The summed E-state index contributed by atoms with van der Waals surface area (Å²) < 4.78 is 0. The van der Waals surface area contributed by atoms with Crippen molar-refractivity contribution in [2.24, 2.45) is 0 Å². The van der Waals surface area contributed by atoms with E-state index in [0.717, 1.165) is 29.1 Å². The molecule has 100 valence electrons. The lowest BCUT2D eigenvalue weighted by molar-refractivity contribution is -0.120. The van der Waals surface area contributed by atoms with Gasteiger partial charge in [-0.15, -0.1) is 11.3 Å². The van der Waals surface area contributed by atoms with Crippen LogP contribution in [0.2, 0.25) is 0 Å². The summed E-state index contributed by atoms with van der Waals surface area (Å²) in [5.74, 6) is 0.131. The lowest BCUT2D eigenvalue weighted by Crippen LogP contribution is -2.14. The van der Waals surface area contributed by atoms with Gasteiger partial charge in [-0.05, 0) is 31.9 Å². The van der Waals surface area contributed by atoms with Gasteiger partial charge in [-0.1, -0.05) is 13.3 Å². The smallest absolute Gasteiger partial charge is 0.135 e. The van der Waals surface area contributed by atoms with Crippen molar-refractivity contribution >= 4 is 23.2 Å². The maximum Gasteiger partial charge on any atom is 0.135 e. The van der Waals surface area contributed by atoms with E-state index in [0.29, 0.717) is 6.42 Å². The van der Waals surface area contributed by atoms with Crippen LogP contribution in [0.25, 0.3) is 6.08 Å². The Hall–Kier alpha value is -1.00. The quantitative estimate of drug-likeness (QED) is 0.824. The molecule has 1 rings (SSSR count). The van der Waals surface area contributed by atoms with Crippen molar-refractivity contribution in [2.45, 2.75) is 52.6 Å². The van der Waals surface area contributed by atoms with Crippen molar-refractivity contribution in [2.75, 3.05) is 0 Å². The van der Waals surface area contributed by atoms with E-state index in [1.807, 2.05) is 25.3 Å². The molecule has 18 heavy (non-hydrogen) atoms. The second-order valence-electron chi connectivity index (χ2n) is 4.54. The normalized spacial score (nSPS) is 13.7. The van der Waals surface area contributed by atoms with Crippen LogP contribution in [-0.2, 0) is 4.79 Å². The van der Waals surface area contributed by atoms with Crippen molar-refractivity contribution < 1.29 is 9.90 Å². The van der Waals surface area contributed by atoms with Crippen molar-refractivity contribution in [3.63, 3.8) is 0 Å². The van der Waals surface area contributed by atoms with Crippen LogP contribution in [0.3, 0.4) is 0 Å². The minimum atomic E-state index is -0.684. The van der Waals surface area contributed by atoms with Gasteiger partial charge in [-0.3, -0.25) is 4.79 Å². The number of aryl methyl sites for hydroxylation is 1. The van der Waals surface area contributed by atoms with Crippen molar-refractivity contribution in [1.82, 2.24) is 4.98 Å². The summed E-state index contributed by atoms with van der Waals surface area (Å²) in [6, 6.07) is 0. The Labute approximate surface area is 113 Å². The van der Waals surface area contributed by atoms with Crippen molar-refractivity contribution in [1.29, 1.82) is 0 Å². The van der Waals surface area contributed by atoms with Gasteiger partial charge >= 0.3 is 0 Å². The van der Waals surface area contributed by atoms with Gasteiger partial charge in [0.2, 0.25) is 0 Å². The second kappa shape index (κ2) is 7.44. The molecule has 4 heteroatoms. The summed E-state index contributed by atoms with van der Waals surface area (Å²) in [7, 11) is 0. The first-order valence-corrected chi connectivity index (χ1v) is 7.21. The summed E-state index contributed by atoms with van der Waals surface area (Å²) in [6.45, 7) is 5.84. The number of ketones is 1. The molecule has 0 bridgehead atoms. The number of aliphatic hydroxyl groups excluding tert-OH is 1. The van der Waals surface area contributed by atoms with Gasteiger partial charge in [0.1, 0.15) is 5.78 Å². The molecule has 0 unspecified atom stereocenters. The number of carbonyl (C=O) groups is 1. The van der Waals surface area contributed by atoms with E-state index < -0.39 is 6.10 Å². The highest BCUT2D eigenvalue weighted by Gasteiger charge is 2.12. The highest BCUT2D eigenvalue weighted by atomic mass is 32.1. The molecule has 0 aromatic carbocycles. The molecule has 1 aromatic heterocycles. The minimum Gasteiger partial charge on any atom is -0.388 e. The van der Waals surface area contributed by atoms with Gasteiger partial charge in [0, 0.05) is 18.2 Å². The number of hydrogen-bond donors (Lipinski definition) is 1. The number of nitrogens with zero attached hydrogens (tertiary/aromatic N) is 1. The third-order valence-electron chi connectivity index (χ3n) is 2.77. The highest BCUT2D eigenvalue weighted by molar-refractivity contribution is 7.09. The Balaban J connectivity index is 2.53. The topological polar surface area (TPSA) is 50.2 Å². The molecular formula is C14H21NO2S. The molecule has 0 radical (unpaired) electrons. The number of rotatable bonds is 7. The molecule has 0 saturated carbocycles. The van der Waals surface area contributed by atoms with Crippen LogP contribution in [0.5, 0.6) is 0 Å². The predicted molar refractivity (Wildman–Crippen MR) is 75.7 cm³/mol. The monoisotopic (exact) mass is 267 g/mol. The minimum absolute atomic E-state index is 0.131. The van der Waals surface area contributed by atoms with E-state index in [-0.39, 0.29) is 12.2 Å². The molecule has 1 aromatic rings. The van der Waals surface area contributed by atoms with E-state index in [4.69, 9.17) is 0 Å². The summed E-state index contributed by atoms with van der Waals surface area (Å²) in [4.78, 5) is 15.9. The first-order valence-electron chi connectivity index (χ1n) is 6.33. The largest absolute Gasteiger partial charge is 0.388 e. The molecule has 1 N–H and O–H groups in total. The number of carbonyl (C=O) groups excluding carboxylic acids is 1. The molecule has 0 aliphatic heterocycles. The van der Waals surface area contributed by atoms with Gasteiger partial charge < -0.3 is 5.11 Å². The fourth-order valence-electron chi connectivity index (χ4n) is 1.63. The Morgan fingerprint density at radius 1 is 1.61 bits per heavy atom. The average molecular weight is 267 g/mol. The van der Waals surface area contributed by atoms with Gasteiger partial charge in [0.15, 0.2) is 0 Å². The van der Waals surface area contributed by atoms with E-state index in [2.05, 4.69) is 11.9 Å². The van der Waals surface area contributed by atoms with E-state index in [1.165, 1.54) is 0 Å². The zero-order chi connectivity index (χ0) is 13.5. The fourth-order valence-corrected chi connectivity index (χ4v) is 2.20. The third kappa shape index (κ3) is 5.10. The maximum atomic E-state index is 11.6. The summed E-state index contributed by atoms with van der Waals surface area (Å²) in [6.07, 6.45) is 3.86. The Morgan fingerprint density at radius 3 is 2.89 bits per heavy atom. The molecule has 0 fully saturated rings. The van der Waals surface area contributed by atoms with Gasteiger partial charge in [0.25, 0.3) is 0 Å². The summed E-state index contributed by atoms with van der Waals surface area (Å²) in [5.41, 5.74) is 1.65. The molecule has 0 spiro atoms. The van der Waals surface area contributed by atoms with E-state index >= 15 is 0 Å². The zero-order valence-electron chi connectivity index (χ0n) is 11.3. The number of hydrogen-bond acceptors (Lipinski definition) is 4. The Bertz CT molecular complexity index is 423. The van der Waals surface area contributed by atoms with Crippen LogP contribution in [0.15, 0.2) is 11.0 Å². The van der Waals surface area contributed by atoms with Crippen LogP contribution in [0, 0.1) is 6.92 Å². The predicted octanol–water partition coefficient (Wildman–Crippen LogP) is 3.37. The van der Waals surface area contributed by atoms with Crippen LogP contribution >= 0.6 is 11.3 Å². The Morgan fingerprint density at radius 2 is 2.33 bits per heavy atom. The van der Waals surface area contributed by atoms with Crippen LogP contribution < -0.4 is 0 Å². The standard InChI is InChI=1S/C14H21NO2S/c1-4-5-6-13(16)8-14(17)10(2)7-12-9-18-11(3)15-12/h7,9,14,17H,4-6,8H2,1-3H3/b10-7+/t14-/m1/s1. The molecule has 0 aliphatic carbocycles. The lowest BCUT2D eigenvalue weighted by Gasteiger charge is -2.10. The molecule has 0 saturated heterocycles. The molecular weight excluding hydrogens is 246 g/mol. The van der Waals surface area contributed by atoms with Gasteiger partial charge in [-0.25, -0.2) is 4.98 Å². The van der Waals surface area contributed by atoms with Crippen LogP contribution in [-0.4, -0.2) is 22.0 Å². The third-order valence-corrected chi connectivity index (χ3v) is 3.56. The van der Waals surface area contributed by atoms with E-state index in [9.17, 15) is 9.90 Å². The second-order valence-corrected chi connectivity index (χ2v) is 5.60. The molecule has 1 atom stereocenters. The molecule has 1 heterocycles. The first-order chi connectivity index (χ1) is 8.52. The van der Waals surface area contributed by atoms with Crippen LogP contribution in [0.1, 0.15) is 50.2 Å².